The van der Waals surface area contributed by atoms with Crippen molar-refractivity contribution in [3.63, 3.8) is 0 Å². The number of halogens is 1. The predicted molar refractivity (Wildman–Crippen MR) is 95.9 cm³/mol. The fourth-order valence-corrected chi connectivity index (χ4v) is 2.52. The average Bonchev–Trinajstić information content (AvgIpc) is 2.62. The molecule has 2 rings (SSSR count). The van der Waals surface area contributed by atoms with Gasteiger partial charge in [0, 0.05) is 12.1 Å². The number of amides is 1. The second kappa shape index (κ2) is 8.99. The molecule has 0 bridgehead atoms. The van der Waals surface area contributed by atoms with Gasteiger partial charge in [0.2, 0.25) is 0 Å². The Labute approximate surface area is 151 Å². The number of aliphatic carboxylic acids is 1. The molecule has 1 unspecified atom stereocenters. The van der Waals surface area contributed by atoms with E-state index in [1.54, 1.807) is 19.1 Å². The van der Waals surface area contributed by atoms with E-state index in [9.17, 15) is 19.1 Å². The summed E-state index contributed by atoms with van der Waals surface area (Å²) in [5, 5.41) is 12.0. The minimum Gasteiger partial charge on any atom is -0.494 e. The molecule has 0 aromatic heterocycles. The van der Waals surface area contributed by atoms with E-state index < -0.39 is 17.8 Å². The van der Waals surface area contributed by atoms with Crippen LogP contribution in [0.3, 0.4) is 0 Å². The molecule has 2 aromatic rings. The van der Waals surface area contributed by atoms with Crippen LogP contribution in [0, 0.1) is 18.7 Å². The SMILES string of the molecule is CCOc1ccc(CC(CNC(=O)c2ccc(F)c(C)c2)C(=O)O)cc1. The first-order chi connectivity index (χ1) is 12.4. The Bertz CT molecular complexity index is 774. The summed E-state index contributed by atoms with van der Waals surface area (Å²) in [4.78, 5) is 23.7. The Morgan fingerprint density at radius 2 is 1.88 bits per heavy atom. The Kier molecular flexibility index (Phi) is 6.72. The Hall–Kier alpha value is -2.89. The lowest BCUT2D eigenvalue weighted by Gasteiger charge is -2.14. The maximum Gasteiger partial charge on any atom is 0.308 e. The summed E-state index contributed by atoms with van der Waals surface area (Å²) in [5.41, 5.74) is 1.50. The summed E-state index contributed by atoms with van der Waals surface area (Å²) < 4.78 is 18.6. The van der Waals surface area contributed by atoms with Crippen molar-refractivity contribution in [2.75, 3.05) is 13.2 Å². The van der Waals surface area contributed by atoms with Crippen molar-refractivity contribution in [3.8, 4) is 5.75 Å². The number of rotatable bonds is 8. The van der Waals surface area contributed by atoms with Gasteiger partial charge in [-0.25, -0.2) is 4.39 Å². The van der Waals surface area contributed by atoms with Crippen LogP contribution >= 0.6 is 0 Å². The van der Waals surface area contributed by atoms with Crippen molar-refractivity contribution >= 4 is 11.9 Å². The number of ether oxygens (including phenoxy) is 1. The van der Waals surface area contributed by atoms with Crippen molar-refractivity contribution in [1.29, 1.82) is 0 Å². The third kappa shape index (κ3) is 5.31. The molecule has 0 spiro atoms. The smallest absolute Gasteiger partial charge is 0.308 e. The normalized spacial score (nSPS) is 11.7. The van der Waals surface area contributed by atoms with Gasteiger partial charge in [-0.2, -0.15) is 0 Å². The average molecular weight is 359 g/mol. The first kappa shape index (κ1) is 19.4. The summed E-state index contributed by atoms with van der Waals surface area (Å²) in [6.45, 7) is 4.00. The van der Waals surface area contributed by atoms with Gasteiger partial charge in [0.05, 0.1) is 12.5 Å². The van der Waals surface area contributed by atoms with Gasteiger partial charge in [-0.05, 0) is 61.7 Å². The van der Waals surface area contributed by atoms with Crippen molar-refractivity contribution < 1.29 is 23.8 Å². The molecule has 138 valence electrons. The highest BCUT2D eigenvalue weighted by Gasteiger charge is 2.19. The second-order valence-electron chi connectivity index (χ2n) is 5.99. The highest BCUT2D eigenvalue weighted by Crippen LogP contribution is 2.16. The first-order valence-electron chi connectivity index (χ1n) is 8.39. The van der Waals surface area contributed by atoms with Crippen LogP contribution in [0.1, 0.15) is 28.4 Å². The van der Waals surface area contributed by atoms with E-state index in [0.29, 0.717) is 17.7 Å². The molecule has 26 heavy (non-hydrogen) atoms. The summed E-state index contributed by atoms with van der Waals surface area (Å²) in [6, 6.07) is 11.2. The molecule has 0 aliphatic rings. The van der Waals surface area contributed by atoms with Crippen LogP contribution in [0.5, 0.6) is 5.75 Å². The molecule has 0 heterocycles. The fraction of sp³-hybridized carbons (Fsp3) is 0.300. The lowest BCUT2D eigenvalue weighted by molar-refractivity contribution is -0.141. The number of aryl methyl sites for hydroxylation is 1. The van der Waals surface area contributed by atoms with Gasteiger partial charge in [0.1, 0.15) is 11.6 Å². The number of carbonyl (C=O) groups excluding carboxylic acids is 1. The van der Waals surface area contributed by atoms with Crippen molar-refractivity contribution in [3.05, 3.63) is 65.0 Å². The summed E-state index contributed by atoms with van der Waals surface area (Å²) in [7, 11) is 0. The van der Waals surface area contributed by atoms with Gasteiger partial charge < -0.3 is 15.2 Å². The van der Waals surface area contributed by atoms with Crippen LogP contribution in [0.4, 0.5) is 4.39 Å². The van der Waals surface area contributed by atoms with Crippen LogP contribution in [0.2, 0.25) is 0 Å². The lowest BCUT2D eigenvalue weighted by atomic mass is 9.99. The summed E-state index contributed by atoms with van der Waals surface area (Å²) in [6.07, 6.45) is 0.282. The molecule has 2 aromatic carbocycles. The van der Waals surface area contributed by atoms with E-state index in [2.05, 4.69) is 5.32 Å². The van der Waals surface area contributed by atoms with Gasteiger partial charge in [-0.1, -0.05) is 12.1 Å². The number of nitrogens with one attached hydrogen (secondary N) is 1. The molecule has 0 saturated carbocycles. The number of benzene rings is 2. The van der Waals surface area contributed by atoms with Gasteiger partial charge in [0.25, 0.3) is 5.91 Å². The zero-order valence-electron chi connectivity index (χ0n) is 14.8. The van der Waals surface area contributed by atoms with Crippen molar-refractivity contribution in [2.24, 2.45) is 5.92 Å². The number of carboxylic acids is 1. The third-order valence-electron chi connectivity index (χ3n) is 3.99. The molecule has 5 nitrogen and oxygen atoms in total. The quantitative estimate of drug-likeness (QED) is 0.759. The largest absolute Gasteiger partial charge is 0.494 e. The number of carboxylic acid groups (broad SMARTS) is 1. The molecule has 1 amide bonds. The first-order valence-corrected chi connectivity index (χ1v) is 8.39. The predicted octanol–water partition coefficient (Wildman–Crippen LogP) is 3.21. The zero-order valence-corrected chi connectivity index (χ0v) is 14.8. The molecule has 6 heteroatoms. The lowest BCUT2D eigenvalue weighted by Crippen LogP contribution is -2.34. The molecule has 2 N–H and O–H groups in total. The zero-order chi connectivity index (χ0) is 19.1. The van der Waals surface area contributed by atoms with E-state index in [-0.39, 0.29) is 18.8 Å². The molecule has 0 fully saturated rings. The Morgan fingerprint density at radius 1 is 1.19 bits per heavy atom. The molecular formula is C20H22FNO4. The summed E-state index contributed by atoms with van der Waals surface area (Å²) in [5.74, 6) is -1.84. The minimum absolute atomic E-state index is 0.0161. The van der Waals surface area contributed by atoms with Crippen molar-refractivity contribution in [1.82, 2.24) is 5.32 Å². The molecular weight excluding hydrogens is 337 g/mol. The van der Waals surface area contributed by atoms with Gasteiger partial charge in [-0.15, -0.1) is 0 Å². The van der Waals surface area contributed by atoms with E-state index >= 15 is 0 Å². The van der Waals surface area contributed by atoms with E-state index in [0.717, 1.165) is 11.3 Å². The van der Waals surface area contributed by atoms with Crippen LogP contribution in [0.15, 0.2) is 42.5 Å². The highest BCUT2D eigenvalue weighted by atomic mass is 19.1. The topological polar surface area (TPSA) is 75.6 Å². The van der Waals surface area contributed by atoms with E-state index in [4.69, 9.17) is 4.74 Å². The maximum atomic E-state index is 13.3. The maximum absolute atomic E-state index is 13.3. The Morgan fingerprint density at radius 3 is 2.46 bits per heavy atom. The van der Waals surface area contributed by atoms with Crippen LogP contribution in [-0.2, 0) is 11.2 Å². The molecule has 1 atom stereocenters. The monoisotopic (exact) mass is 359 g/mol. The molecule has 0 aliphatic heterocycles. The van der Waals surface area contributed by atoms with Gasteiger partial charge in [0.15, 0.2) is 0 Å². The van der Waals surface area contributed by atoms with Crippen molar-refractivity contribution in [2.45, 2.75) is 20.3 Å². The van der Waals surface area contributed by atoms with E-state index in [1.165, 1.54) is 18.2 Å². The molecule has 0 aliphatic carbocycles. The third-order valence-corrected chi connectivity index (χ3v) is 3.99. The number of hydrogen-bond acceptors (Lipinski definition) is 3. The standard InChI is InChI=1S/C20H22FNO4/c1-3-26-17-7-4-14(5-8-17)11-16(20(24)25)12-22-19(23)15-6-9-18(21)13(2)10-15/h4-10,16H,3,11-12H2,1-2H3,(H,22,23)(H,24,25). The second-order valence-corrected chi connectivity index (χ2v) is 5.99. The number of carbonyl (C=O) groups is 2. The Balaban J connectivity index is 1.98. The molecule has 0 saturated heterocycles. The highest BCUT2D eigenvalue weighted by molar-refractivity contribution is 5.94. The van der Waals surface area contributed by atoms with Crippen LogP contribution < -0.4 is 10.1 Å². The summed E-state index contributed by atoms with van der Waals surface area (Å²) >= 11 is 0. The van der Waals surface area contributed by atoms with Gasteiger partial charge in [-0.3, -0.25) is 9.59 Å². The molecule has 0 radical (unpaired) electrons. The van der Waals surface area contributed by atoms with Crippen LogP contribution in [-0.4, -0.2) is 30.1 Å². The fourth-order valence-electron chi connectivity index (χ4n) is 2.52. The number of hydrogen-bond donors (Lipinski definition) is 2. The van der Waals surface area contributed by atoms with E-state index in [1.807, 2.05) is 19.1 Å². The minimum atomic E-state index is -0.991. The van der Waals surface area contributed by atoms with Gasteiger partial charge >= 0.3 is 5.97 Å². The van der Waals surface area contributed by atoms with Crippen LogP contribution in [0.25, 0.3) is 0 Å².